The van der Waals surface area contributed by atoms with Crippen LogP contribution in [0.5, 0.6) is 11.5 Å². The third-order valence-corrected chi connectivity index (χ3v) is 2.25. The number of benzene rings is 2. The Kier molecular flexibility index (Phi) is 2.21. The zero-order valence-electron chi connectivity index (χ0n) is 8.01. The van der Waals surface area contributed by atoms with Crippen LogP contribution in [0, 0.1) is 0 Å². The molecule has 0 aliphatic rings. The minimum atomic E-state index is 0.0212. The van der Waals surface area contributed by atoms with Gasteiger partial charge in [-0.15, -0.1) is 0 Å². The van der Waals surface area contributed by atoms with Crippen LogP contribution in [0.25, 0.3) is 11.1 Å². The summed E-state index contributed by atoms with van der Waals surface area (Å²) in [5.74, 6) is 0.0424. The first-order valence-corrected chi connectivity index (χ1v) is 4.56. The number of aromatic hydroxyl groups is 2. The summed E-state index contributed by atoms with van der Waals surface area (Å²) in [6, 6.07) is 11.7. The van der Waals surface area contributed by atoms with E-state index in [-0.39, 0.29) is 11.5 Å². The number of para-hydroxylation sites is 1. The molecule has 2 rings (SSSR count). The topological polar surface area (TPSA) is 66.5 Å². The Labute approximate surface area is 87.4 Å². The molecule has 15 heavy (non-hydrogen) atoms. The second kappa shape index (κ2) is 3.53. The molecule has 2 aromatic rings. The molecule has 0 spiro atoms. The number of phenolic OH excluding ortho intramolecular Hbond substituents is 2. The number of hydrogen-bond acceptors (Lipinski definition) is 3. The van der Waals surface area contributed by atoms with Crippen LogP contribution in [0.15, 0.2) is 42.5 Å². The van der Waals surface area contributed by atoms with Crippen LogP contribution >= 0.6 is 0 Å². The molecule has 0 unspecified atom stereocenters. The molecule has 0 amide bonds. The van der Waals surface area contributed by atoms with Crippen LogP contribution in [0.1, 0.15) is 0 Å². The molecule has 0 heterocycles. The summed E-state index contributed by atoms with van der Waals surface area (Å²) < 4.78 is 0. The van der Waals surface area contributed by atoms with E-state index in [4.69, 9.17) is 5.73 Å². The Morgan fingerprint density at radius 1 is 0.800 bits per heavy atom. The number of rotatable bonds is 1. The highest BCUT2D eigenvalue weighted by atomic mass is 16.3. The fourth-order valence-corrected chi connectivity index (χ4v) is 1.53. The van der Waals surface area contributed by atoms with Crippen molar-refractivity contribution in [1.29, 1.82) is 0 Å². The summed E-state index contributed by atoms with van der Waals surface area (Å²) in [7, 11) is 0. The number of hydrogen-bond donors (Lipinski definition) is 3. The van der Waals surface area contributed by atoms with E-state index < -0.39 is 0 Å². The van der Waals surface area contributed by atoms with Gasteiger partial charge in [0.25, 0.3) is 0 Å². The molecular weight excluding hydrogens is 190 g/mol. The van der Waals surface area contributed by atoms with E-state index in [1.54, 1.807) is 30.3 Å². The van der Waals surface area contributed by atoms with Crippen molar-refractivity contribution in [2.75, 3.05) is 5.73 Å². The molecule has 0 saturated carbocycles. The Balaban J connectivity index is 2.69. The second-order valence-corrected chi connectivity index (χ2v) is 3.26. The maximum absolute atomic E-state index is 9.65. The van der Waals surface area contributed by atoms with Crippen LogP contribution in [0.4, 0.5) is 5.69 Å². The predicted molar refractivity (Wildman–Crippen MR) is 59.6 cm³/mol. The van der Waals surface area contributed by atoms with Crippen LogP contribution in [-0.2, 0) is 0 Å². The minimum absolute atomic E-state index is 0.0212. The molecule has 3 heteroatoms. The molecule has 2 aromatic carbocycles. The lowest BCUT2D eigenvalue weighted by atomic mass is 10.0. The summed E-state index contributed by atoms with van der Waals surface area (Å²) in [5.41, 5.74) is 7.29. The van der Waals surface area contributed by atoms with Crippen molar-refractivity contribution >= 4 is 5.69 Å². The summed E-state index contributed by atoms with van der Waals surface area (Å²) in [6.07, 6.45) is 0. The maximum Gasteiger partial charge on any atom is 0.127 e. The Hall–Kier alpha value is -2.16. The number of nitrogens with two attached hydrogens (primary N) is 1. The Bertz CT molecular complexity index is 474. The fraction of sp³-hybridized carbons (Fsp3) is 0. The van der Waals surface area contributed by atoms with E-state index in [0.717, 1.165) is 0 Å². The van der Waals surface area contributed by atoms with Gasteiger partial charge in [0, 0.05) is 11.3 Å². The van der Waals surface area contributed by atoms with Gasteiger partial charge in [0.05, 0.1) is 5.56 Å². The van der Waals surface area contributed by atoms with Gasteiger partial charge >= 0.3 is 0 Å². The largest absolute Gasteiger partial charge is 0.507 e. The molecule has 0 aliphatic carbocycles. The molecule has 0 radical (unpaired) electrons. The lowest BCUT2D eigenvalue weighted by Gasteiger charge is -2.09. The first-order chi connectivity index (χ1) is 7.20. The molecule has 0 bridgehead atoms. The van der Waals surface area contributed by atoms with Crippen molar-refractivity contribution in [3.05, 3.63) is 42.5 Å². The first-order valence-electron chi connectivity index (χ1n) is 4.56. The lowest BCUT2D eigenvalue weighted by molar-refractivity contribution is 0.454. The average molecular weight is 201 g/mol. The van der Waals surface area contributed by atoms with Crippen LogP contribution in [0.2, 0.25) is 0 Å². The lowest BCUT2D eigenvalue weighted by Crippen LogP contribution is -1.89. The molecule has 0 fully saturated rings. The normalized spacial score (nSPS) is 10.1. The van der Waals surface area contributed by atoms with E-state index >= 15 is 0 Å². The SMILES string of the molecule is Nc1ccccc1-c1c(O)cccc1O. The van der Waals surface area contributed by atoms with Gasteiger partial charge in [-0.25, -0.2) is 0 Å². The fourth-order valence-electron chi connectivity index (χ4n) is 1.53. The Morgan fingerprint density at radius 2 is 1.40 bits per heavy atom. The van der Waals surface area contributed by atoms with Crippen molar-refractivity contribution in [3.8, 4) is 22.6 Å². The van der Waals surface area contributed by atoms with Crippen molar-refractivity contribution < 1.29 is 10.2 Å². The maximum atomic E-state index is 9.65. The molecule has 0 atom stereocenters. The third-order valence-electron chi connectivity index (χ3n) is 2.25. The van der Waals surface area contributed by atoms with E-state index in [1.165, 1.54) is 12.1 Å². The number of nitrogen functional groups attached to an aromatic ring is 1. The summed E-state index contributed by atoms with van der Waals surface area (Å²) >= 11 is 0. The molecule has 3 nitrogen and oxygen atoms in total. The monoisotopic (exact) mass is 201 g/mol. The van der Waals surface area contributed by atoms with E-state index in [2.05, 4.69) is 0 Å². The summed E-state index contributed by atoms with van der Waals surface area (Å²) in [4.78, 5) is 0. The number of anilines is 1. The van der Waals surface area contributed by atoms with Crippen molar-refractivity contribution in [2.45, 2.75) is 0 Å². The number of phenols is 2. The van der Waals surface area contributed by atoms with Crippen LogP contribution in [-0.4, -0.2) is 10.2 Å². The molecule has 0 saturated heterocycles. The van der Waals surface area contributed by atoms with Gasteiger partial charge < -0.3 is 15.9 Å². The van der Waals surface area contributed by atoms with Crippen molar-refractivity contribution in [3.63, 3.8) is 0 Å². The zero-order chi connectivity index (χ0) is 10.8. The molecular formula is C12H11NO2. The Morgan fingerprint density at radius 3 is 2.00 bits per heavy atom. The van der Waals surface area contributed by atoms with Gasteiger partial charge in [0.1, 0.15) is 11.5 Å². The van der Waals surface area contributed by atoms with Gasteiger partial charge in [-0.05, 0) is 18.2 Å². The van der Waals surface area contributed by atoms with Gasteiger partial charge in [0.15, 0.2) is 0 Å². The van der Waals surface area contributed by atoms with Gasteiger partial charge in [-0.3, -0.25) is 0 Å². The zero-order valence-corrected chi connectivity index (χ0v) is 8.01. The van der Waals surface area contributed by atoms with Crippen molar-refractivity contribution in [1.82, 2.24) is 0 Å². The smallest absolute Gasteiger partial charge is 0.127 e. The molecule has 76 valence electrons. The average Bonchev–Trinajstić information content (AvgIpc) is 2.20. The highest BCUT2D eigenvalue weighted by Crippen LogP contribution is 2.39. The minimum Gasteiger partial charge on any atom is -0.507 e. The second-order valence-electron chi connectivity index (χ2n) is 3.26. The van der Waals surface area contributed by atoms with Gasteiger partial charge in [0.2, 0.25) is 0 Å². The highest BCUT2D eigenvalue weighted by molar-refractivity contribution is 5.84. The van der Waals surface area contributed by atoms with Gasteiger partial charge in [-0.2, -0.15) is 0 Å². The third kappa shape index (κ3) is 1.59. The van der Waals surface area contributed by atoms with Crippen molar-refractivity contribution in [2.24, 2.45) is 0 Å². The molecule has 0 aromatic heterocycles. The predicted octanol–water partition coefficient (Wildman–Crippen LogP) is 2.35. The molecule has 4 N–H and O–H groups in total. The summed E-state index contributed by atoms with van der Waals surface area (Å²) in [6.45, 7) is 0. The van der Waals surface area contributed by atoms with E-state index in [0.29, 0.717) is 16.8 Å². The standard InChI is InChI=1S/C12H11NO2/c13-9-5-2-1-4-8(9)12-10(14)6-3-7-11(12)15/h1-7,14-15H,13H2. The quantitative estimate of drug-likeness (QED) is 0.620. The van der Waals surface area contributed by atoms with E-state index in [1.807, 2.05) is 0 Å². The summed E-state index contributed by atoms with van der Waals surface area (Å²) in [5, 5.41) is 19.3. The van der Waals surface area contributed by atoms with Crippen LogP contribution < -0.4 is 5.73 Å². The first kappa shape index (κ1) is 9.40. The van der Waals surface area contributed by atoms with Crippen LogP contribution in [0.3, 0.4) is 0 Å². The highest BCUT2D eigenvalue weighted by Gasteiger charge is 2.11. The van der Waals surface area contributed by atoms with E-state index in [9.17, 15) is 10.2 Å². The molecule has 0 aliphatic heterocycles. The van der Waals surface area contributed by atoms with Gasteiger partial charge in [-0.1, -0.05) is 24.3 Å².